The highest BCUT2D eigenvalue weighted by Crippen LogP contribution is 2.57. The van der Waals surface area contributed by atoms with E-state index in [4.69, 9.17) is 9.94 Å². The van der Waals surface area contributed by atoms with Crippen LogP contribution in [0.15, 0.2) is 35.5 Å². The lowest BCUT2D eigenvalue weighted by molar-refractivity contribution is -0.139. The van der Waals surface area contributed by atoms with E-state index in [-0.39, 0.29) is 17.3 Å². The maximum atomic E-state index is 11.0. The number of benzene rings is 1. The van der Waals surface area contributed by atoms with Crippen LogP contribution in [0.2, 0.25) is 0 Å². The first-order valence-electron chi connectivity index (χ1n) is 6.45. The summed E-state index contributed by atoms with van der Waals surface area (Å²) in [7, 11) is 0. The molecule has 1 aromatic carbocycles. The molecular formula is C15H19NO3. The molecule has 1 unspecified atom stereocenters. The average Bonchev–Trinajstić information content (AvgIpc) is 2.92. The molecule has 1 saturated carbocycles. The molecule has 0 amide bonds. The van der Waals surface area contributed by atoms with Gasteiger partial charge in [0, 0.05) is 18.6 Å². The molecule has 1 aliphatic carbocycles. The Morgan fingerprint density at radius 3 is 2.68 bits per heavy atom. The lowest BCUT2D eigenvalue weighted by Crippen LogP contribution is -2.03. The Labute approximate surface area is 113 Å². The largest absolute Gasteiger partial charge is 0.481 e. The average molecular weight is 261 g/mol. The highest BCUT2D eigenvalue weighted by molar-refractivity contribution is 5.84. The van der Waals surface area contributed by atoms with Crippen LogP contribution in [0.25, 0.3) is 0 Å². The summed E-state index contributed by atoms with van der Waals surface area (Å²) in [5, 5.41) is 12.9. The minimum absolute atomic E-state index is 0.0262. The topological polar surface area (TPSA) is 58.9 Å². The molecule has 4 heteroatoms. The summed E-state index contributed by atoms with van der Waals surface area (Å²) in [4.78, 5) is 16.1. The molecule has 1 N–H and O–H groups in total. The van der Waals surface area contributed by atoms with Gasteiger partial charge in [-0.1, -0.05) is 49.3 Å². The van der Waals surface area contributed by atoms with Crippen LogP contribution in [-0.2, 0) is 16.1 Å². The van der Waals surface area contributed by atoms with E-state index in [1.807, 2.05) is 44.2 Å². The number of aliphatic carboxylic acids is 1. The van der Waals surface area contributed by atoms with E-state index in [1.54, 1.807) is 6.21 Å². The van der Waals surface area contributed by atoms with Crippen LogP contribution in [-0.4, -0.2) is 23.9 Å². The number of carboxylic acids is 1. The molecule has 0 saturated heterocycles. The van der Waals surface area contributed by atoms with Crippen molar-refractivity contribution in [1.29, 1.82) is 0 Å². The van der Waals surface area contributed by atoms with Crippen LogP contribution in [0.5, 0.6) is 0 Å². The van der Waals surface area contributed by atoms with Gasteiger partial charge in [0.2, 0.25) is 0 Å². The second-order valence-electron chi connectivity index (χ2n) is 5.49. The summed E-state index contributed by atoms with van der Waals surface area (Å²) in [6, 6.07) is 10.0. The molecule has 0 heterocycles. The first kappa shape index (κ1) is 13.6. The molecular weight excluding hydrogens is 242 g/mol. The first-order valence-corrected chi connectivity index (χ1v) is 6.45. The fraction of sp³-hybridized carbons (Fsp3) is 0.467. The van der Waals surface area contributed by atoms with Crippen molar-refractivity contribution >= 4 is 12.2 Å². The van der Waals surface area contributed by atoms with Crippen molar-refractivity contribution < 1.29 is 14.7 Å². The summed E-state index contributed by atoms with van der Waals surface area (Å²) in [5.41, 5.74) is 0.992. The Morgan fingerprint density at radius 1 is 1.42 bits per heavy atom. The Morgan fingerprint density at radius 2 is 2.11 bits per heavy atom. The summed E-state index contributed by atoms with van der Waals surface area (Å²) in [6.07, 6.45) is 2.43. The molecule has 19 heavy (non-hydrogen) atoms. The zero-order valence-corrected chi connectivity index (χ0v) is 11.2. The van der Waals surface area contributed by atoms with Gasteiger partial charge in [-0.15, -0.1) is 0 Å². The quantitative estimate of drug-likeness (QED) is 0.486. The van der Waals surface area contributed by atoms with Gasteiger partial charge in [-0.3, -0.25) is 4.79 Å². The molecule has 1 aromatic rings. The molecule has 2 atom stereocenters. The number of hydrogen-bond donors (Lipinski definition) is 1. The fourth-order valence-electron chi connectivity index (χ4n) is 2.40. The van der Waals surface area contributed by atoms with Crippen molar-refractivity contribution in [3.63, 3.8) is 0 Å². The predicted molar refractivity (Wildman–Crippen MR) is 73.0 cm³/mol. The zero-order chi connectivity index (χ0) is 13.9. The van der Waals surface area contributed by atoms with Gasteiger partial charge in [0.15, 0.2) is 0 Å². The summed E-state index contributed by atoms with van der Waals surface area (Å²) in [5.74, 6) is -1.12. The van der Waals surface area contributed by atoms with E-state index < -0.39 is 5.97 Å². The van der Waals surface area contributed by atoms with Gasteiger partial charge >= 0.3 is 5.97 Å². The van der Waals surface area contributed by atoms with Crippen LogP contribution in [0.1, 0.15) is 19.4 Å². The molecule has 0 spiro atoms. The van der Waals surface area contributed by atoms with Crippen molar-refractivity contribution in [3.05, 3.63) is 35.9 Å². The van der Waals surface area contributed by atoms with Crippen molar-refractivity contribution in [2.75, 3.05) is 6.61 Å². The lowest BCUT2D eigenvalue weighted by Gasteiger charge is -2.00. The molecule has 102 valence electrons. The smallest absolute Gasteiger partial charge is 0.307 e. The number of carbonyl (C=O) groups is 1. The van der Waals surface area contributed by atoms with E-state index in [1.165, 1.54) is 5.56 Å². The van der Waals surface area contributed by atoms with Gasteiger partial charge in [-0.05, 0) is 11.0 Å². The maximum Gasteiger partial charge on any atom is 0.307 e. The lowest BCUT2D eigenvalue weighted by atomic mass is 10.1. The second-order valence-corrected chi connectivity index (χ2v) is 5.49. The fourth-order valence-corrected chi connectivity index (χ4v) is 2.40. The van der Waals surface area contributed by atoms with E-state index in [0.29, 0.717) is 6.61 Å². The number of rotatable bonds is 6. The molecule has 4 nitrogen and oxygen atoms in total. The van der Waals surface area contributed by atoms with E-state index >= 15 is 0 Å². The highest BCUT2D eigenvalue weighted by atomic mass is 16.6. The van der Waals surface area contributed by atoms with Crippen molar-refractivity contribution in [2.45, 2.75) is 20.3 Å². The van der Waals surface area contributed by atoms with Gasteiger partial charge in [0.05, 0.1) is 5.92 Å². The van der Waals surface area contributed by atoms with Crippen molar-refractivity contribution in [2.24, 2.45) is 22.4 Å². The van der Waals surface area contributed by atoms with Gasteiger partial charge in [-0.25, -0.2) is 0 Å². The summed E-state index contributed by atoms with van der Waals surface area (Å²) < 4.78 is 0. The molecule has 0 aromatic heterocycles. The molecule has 1 aliphatic rings. The van der Waals surface area contributed by atoms with Gasteiger partial charge in [-0.2, -0.15) is 0 Å². The van der Waals surface area contributed by atoms with Crippen LogP contribution in [0, 0.1) is 17.3 Å². The molecule has 2 rings (SSSR count). The Balaban J connectivity index is 1.72. The minimum Gasteiger partial charge on any atom is -0.481 e. The number of hydrogen-bond acceptors (Lipinski definition) is 3. The zero-order valence-electron chi connectivity index (χ0n) is 11.2. The van der Waals surface area contributed by atoms with Gasteiger partial charge < -0.3 is 9.94 Å². The Kier molecular flexibility index (Phi) is 3.88. The van der Waals surface area contributed by atoms with Gasteiger partial charge in [0.25, 0.3) is 0 Å². The van der Waals surface area contributed by atoms with Crippen LogP contribution in [0.4, 0.5) is 0 Å². The van der Waals surface area contributed by atoms with Crippen LogP contribution in [0.3, 0.4) is 0 Å². The normalized spacial score (nSPS) is 24.3. The third-order valence-corrected chi connectivity index (χ3v) is 3.80. The molecule has 1 fully saturated rings. The van der Waals surface area contributed by atoms with Crippen LogP contribution >= 0.6 is 0 Å². The van der Waals surface area contributed by atoms with Gasteiger partial charge in [0.1, 0.15) is 6.61 Å². The number of carboxylic acid groups (broad SMARTS) is 1. The summed E-state index contributed by atoms with van der Waals surface area (Å²) >= 11 is 0. The number of nitrogens with zero attached hydrogens (tertiary/aromatic N) is 1. The van der Waals surface area contributed by atoms with Crippen molar-refractivity contribution in [3.8, 4) is 0 Å². The first-order chi connectivity index (χ1) is 9.03. The second kappa shape index (κ2) is 5.43. The third-order valence-electron chi connectivity index (χ3n) is 3.80. The van der Waals surface area contributed by atoms with Crippen LogP contribution < -0.4 is 0 Å². The predicted octanol–water partition coefficient (Wildman–Crippen LogP) is 2.59. The van der Waals surface area contributed by atoms with E-state index in [0.717, 1.165) is 6.42 Å². The minimum atomic E-state index is -0.759. The maximum absolute atomic E-state index is 11.0. The standard InChI is InChI=1S/C15H19NO3/c1-15(2)12(13(15)14(17)18)10-16-19-9-8-11-6-4-3-5-7-11/h3-7,10,12-13H,8-9H2,1-2H3,(H,17,18)/t12?,13-/m0/s1. The molecule has 0 radical (unpaired) electrons. The molecule has 0 aliphatic heterocycles. The number of oxime groups is 1. The van der Waals surface area contributed by atoms with E-state index in [9.17, 15) is 4.79 Å². The molecule has 0 bridgehead atoms. The van der Waals surface area contributed by atoms with E-state index in [2.05, 4.69) is 5.16 Å². The third kappa shape index (κ3) is 3.13. The Hall–Kier alpha value is -1.84. The monoisotopic (exact) mass is 261 g/mol. The summed E-state index contributed by atoms with van der Waals surface area (Å²) in [6.45, 7) is 4.38. The SMILES string of the molecule is CC1(C)C(C=NOCCc2ccccc2)[C@H]1C(=O)O. The van der Waals surface area contributed by atoms with Crippen molar-refractivity contribution in [1.82, 2.24) is 0 Å². The Bertz CT molecular complexity index is 468. The highest BCUT2D eigenvalue weighted by Gasteiger charge is 2.61.